The van der Waals surface area contributed by atoms with Gasteiger partial charge in [-0.05, 0) is 74.5 Å². The van der Waals surface area contributed by atoms with E-state index in [-0.39, 0.29) is 29.3 Å². The minimum Gasteiger partial charge on any atom is -0.508 e. The fraction of sp³-hybridized carbons (Fsp3) is 0.559. The zero-order chi connectivity index (χ0) is 29.1. The summed E-state index contributed by atoms with van der Waals surface area (Å²) in [6.45, 7) is 9.57. The molecule has 1 amide bonds. The third kappa shape index (κ3) is 5.29. The molecule has 2 unspecified atom stereocenters. The summed E-state index contributed by atoms with van der Waals surface area (Å²) in [5.74, 6) is 0.875. The van der Waals surface area contributed by atoms with E-state index in [1.54, 1.807) is 24.3 Å². The Labute approximate surface area is 244 Å². The maximum absolute atomic E-state index is 15.0. The first-order chi connectivity index (χ1) is 19.8. The van der Waals surface area contributed by atoms with Crippen LogP contribution >= 0.6 is 0 Å². The van der Waals surface area contributed by atoms with Crippen molar-refractivity contribution in [3.63, 3.8) is 0 Å². The predicted octanol–water partition coefficient (Wildman–Crippen LogP) is 5.77. The van der Waals surface area contributed by atoms with Gasteiger partial charge < -0.3 is 20.6 Å². The highest BCUT2D eigenvalue weighted by atomic mass is 16.6. The second-order valence-electron chi connectivity index (χ2n) is 12.4. The van der Waals surface area contributed by atoms with Crippen molar-refractivity contribution in [3.05, 3.63) is 59.8 Å². The van der Waals surface area contributed by atoms with Crippen LogP contribution in [-0.2, 0) is 14.3 Å². The van der Waals surface area contributed by atoms with Gasteiger partial charge in [-0.15, -0.1) is 0 Å². The van der Waals surface area contributed by atoms with Crippen molar-refractivity contribution in [1.82, 2.24) is 10.7 Å². The number of amides is 1. The molecule has 220 valence electrons. The van der Waals surface area contributed by atoms with Crippen LogP contribution in [0, 0.1) is 35.0 Å². The number of aromatic hydroxyl groups is 1. The first-order valence-electron chi connectivity index (χ1n) is 15.4. The molecule has 4 aliphatic rings. The molecule has 1 aromatic carbocycles. The third-order valence-corrected chi connectivity index (χ3v) is 9.75. The number of carbonyl (C=O) groups excluding carboxylic acids is 2. The summed E-state index contributed by atoms with van der Waals surface area (Å²) in [4.78, 5) is 29.3. The van der Waals surface area contributed by atoms with E-state index in [2.05, 4.69) is 56.7 Å². The summed E-state index contributed by atoms with van der Waals surface area (Å²) in [5.41, 5.74) is 4.46. The minimum atomic E-state index is -1.63. The van der Waals surface area contributed by atoms with Crippen LogP contribution in [0.4, 0.5) is 0 Å². The summed E-state index contributed by atoms with van der Waals surface area (Å²) >= 11 is 0. The third-order valence-electron chi connectivity index (χ3n) is 9.75. The number of allylic oxidation sites excluding steroid dienone is 5. The number of fused-ring (bicyclic) bond motifs is 1. The molecule has 2 aliphatic carbocycles. The Morgan fingerprint density at radius 2 is 1.98 bits per heavy atom. The number of phenolic OH excluding ortho intramolecular Hbond substituents is 1. The van der Waals surface area contributed by atoms with Crippen molar-refractivity contribution in [3.8, 4) is 5.75 Å². The van der Waals surface area contributed by atoms with Crippen LogP contribution in [-0.4, -0.2) is 41.8 Å². The summed E-state index contributed by atoms with van der Waals surface area (Å²) in [5, 5.41) is 17.8. The van der Waals surface area contributed by atoms with E-state index in [9.17, 15) is 14.7 Å². The molecule has 1 fully saturated rings. The molecule has 0 aromatic heterocycles. The first kappa shape index (κ1) is 29.3. The number of rotatable bonds is 6. The minimum absolute atomic E-state index is 0.115. The van der Waals surface area contributed by atoms with Gasteiger partial charge in [-0.2, -0.15) is 5.10 Å². The number of Topliss-reactive ketones (excluding diaryl/α,β-unsaturated/α-hetero) is 1. The fourth-order valence-electron chi connectivity index (χ4n) is 7.75. The Morgan fingerprint density at radius 3 is 2.71 bits per heavy atom. The molecule has 7 heteroatoms. The molecule has 0 saturated heterocycles. The monoisotopic (exact) mass is 560 g/mol. The second kappa shape index (κ2) is 12.4. The van der Waals surface area contributed by atoms with E-state index < -0.39 is 11.5 Å². The number of ketones is 1. The topological polar surface area (TPSA) is 100 Å². The Balaban J connectivity index is 1.71. The highest BCUT2D eigenvalue weighted by Crippen LogP contribution is 2.52. The molecule has 0 radical (unpaired) electrons. The number of benzene rings is 1. The maximum atomic E-state index is 15.0. The Hall–Kier alpha value is -3.19. The first-order valence-corrected chi connectivity index (χ1v) is 15.4. The summed E-state index contributed by atoms with van der Waals surface area (Å²) in [6, 6.07) is 6.55. The molecule has 3 N–H and O–H groups in total. The number of nitrogens with one attached hydrogen (secondary N) is 2. The van der Waals surface area contributed by atoms with E-state index in [1.165, 1.54) is 24.6 Å². The Bertz CT molecular complexity index is 1260. The van der Waals surface area contributed by atoms with Crippen LogP contribution in [0.15, 0.2) is 59.4 Å². The van der Waals surface area contributed by atoms with Crippen molar-refractivity contribution in [2.24, 2.45) is 40.1 Å². The predicted molar refractivity (Wildman–Crippen MR) is 162 cm³/mol. The number of hydrogen-bond acceptors (Lipinski definition) is 6. The van der Waals surface area contributed by atoms with Gasteiger partial charge in [0.1, 0.15) is 5.75 Å². The number of ether oxygens (including phenoxy) is 1. The van der Waals surface area contributed by atoms with Gasteiger partial charge in [0.15, 0.2) is 11.2 Å². The van der Waals surface area contributed by atoms with Gasteiger partial charge in [0.25, 0.3) is 0 Å². The summed E-state index contributed by atoms with van der Waals surface area (Å²) in [7, 11) is 0. The van der Waals surface area contributed by atoms with E-state index in [4.69, 9.17) is 9.84 Å². The van der Waals surface area contributed by atoms with Gasteiger partial charge in [0.05, 0.1) is 25.0 Å². The lowest BCUT2D eigenvalue weighted by Crippen LogP contribution is -2.64. The normalized spacial score (nSPS) is 35.4. The molecule has 41 heavy (non-hydrogen) atoms. The lowest BCUT2D eigenvalue weighted by molar-refractivity contribution is -0.145. The van der Waals surface area contributed by atoms with Gasteiger partial charge in [0.2, 0.25) is 5.91 Å². The number of carbonyl (C=O) groups is 2. The standard InChI is InChI=1S/C34H45N3O4/c1-5-7-9-30-34(32(39)29(20-35-33(34)40)23-11-13-24(38)14-12-23)31(37-36-16-17-41-30)28-19-22(4)25-15-10-21(3)18-27(25)26(28)8-6-2/h6,8,11-14,19-21,25-28,30,36,38H,5,7,9-10,15-18H2,1-4H3,(H,35,40)/b8-6+,37-31-/t21-,25+,26+,27-,28+,30?,34?/m0/s1/i30+1. The van der Waals surface area contributed by atoms with Crippen molar-refractivity contribution in [2.75, 3.05) is 13.2 Å². The van der Waals surface area contributed by atoms with Gasteiger partial charge in [-0.25, -0.2) is 0 Å². The van der Waals surface area contributed by atoms with E-state index in [0.717, 1.165) is 19.3 Å². The molecule has 1 spiro atoms. The molecule has 7 nitrogen and oxygen atoms in total. The molecular formula is C34H45N3O4. The Kier molecular flexibility index (Phi) is 8.83. The van der Waals surface area contributed by atoms with Crippen LogP contribution in [0.5, 0.6) is 5.75 Å². The molecule has 7 atom stereocenters. The number of unbranched alkanes of at least 4 members (excludes halogenated alkanes) is 1. The fourth-order valence-corrected chi connectivity index (χ4v) is 7.75. The summed E-state index contributed by atoms with van der Waals surface area (Å²) < 4.78 is 6.46. The smallest absolute Gasteiger partial charge is 0.246 e. The molecule has 5 rings (SSSR count). The van der Waals surface area contributed by atoms with Crippen LogP contribution in [0.2, 0.25) is 0 Å². The maximum Gasteiger partial charge on any atom is 0.246 e. The molecule has 2 heterocycles. The largest absolute Gasteiger partial charge is 0.508 e. The quantitative estimate of drug-likeness (QED) is 0.233. The van der Waals surface area contributed by atoms with Crippen molar-refractivity contribution >= 4 is 23.0 Å². The summed E-state index contributed by atoms with van der Waals surface area (Å²) in [6.07, 6.45) is 13.4. The zero-order valence-corrected chi connectivity index (χ0v) is 24.9. The average molecular weight is 561 g/mol. The Morgan fingerprint density at radius 1 is 1.20 bits per heavy atom. The number of hydrogen-bond donors (Lipinski definition) is 3. The van der Waals surface area contributed by atoms with E-state index >= 15 is 0 Å². The van der Waals surface area contributed by atoms with Crippen molar-refractivity contribution in [1.29, 1.82) is 0 Å². The van der Waals surface area contributed by atoms with Gasteiger partial charge in [0, 0.05) is 17.7 Å². The van der Waals surface area contributed by atoms with Crippen LogP contribution in [0.1, 0.15) is 71.8 Å². The zero-order valence-electron chi connectivity index (χ0n) is 24.9. The molecule has 1 saturated carbocycles. The highest BCUT2D eigenvalue weighted by molar-refractivity contribution is 6.41. The molecule has 2 aliphatic heterocycles. The molecule has 1 aromatic rings. The SMILES string of the molecule is C/C=C/[C@@H]1[C@H]2C[C@@H](C)CC[C@@H]2C(C)=C[C@H]1/C1=N/NCCO[13CH](CCCC)C12C(=O)NC=C(c1ccc(O)cc1)C2=O. The van der Waals surface area contributed by atoms with Crippen LogP contribution in [0.25, 0.3) is 5.57 Å². The number of hydrazone groups is 1. The van der Waals surface area contributed by atoms with Crippen molar-refractivity contribution in [2.45, 2.75) is 72.3 Å². The second-order valence-corrected chi connectivity index (χ2v) is 12.4. The highest BCUT2D eigenvalue weighted by Gasteiger charge is 2.62. The van der Waals surface area contributed by atoms with Gasteiger partial charge in [-0.3, -0.25) is 9.59 Å². The van der Waals surface area contributed by atoms with Gasteiger partial charge >= 0.3 is 0 Å². The van der Waals surface area contributed by atoms with Crippen LogP contribution < -0.4 is 10.7 Å². The van der Waals surface area contributed by atoms with E-state index in [1.807, 2.05) is 0 Å². The van der Waals surface area contributed by atoms with Crippen LogP contribution in [0.3, 0.4) is 0 Å². The molecule has 0 bridgehead atoms. The number of nitrogens with zero attached hydrogens (tertiary/aromatic N) is 1. The van der Waals surface area contributed by atoms with Crippen molar-refractivity contribution < 1.29 is 19.4 Å². The van der Waals surface area contributed by atoms with Gasteiger partial charge in [-0.1, -0.05) is 69.0 Å². The molecular weight excluding hydrogens is 515 g/mol. The lowest BCUT2D eigenvalue weighted by Gasteiger charge is -2.49. The lowest BCUT2D eigenvalue weighted by atomic mass is 9.57. The number of phenols is 1. The average Bonchev–Trinajstić information content (AvgIpc) is 2.94. The van der Waals surface area contributed by atoms with E-state index in [0.29, 0.717) is 54.2 Å².